The van der Waals surface area contributed by atoms with Crippen molar-refractivity contribution >= 4 is 27.5 Å². The lowest BCUT2D eigenvalue weighted by Crippen LogP contribution is -2.31. The van der Waals surface area contributed by atoms with Crippen LogP contribution in [0.25, 0.3) is 0 Å². The number of ether oxygens (including phenoxy) is 1. The van der Waals surface area contributed by atoms with Gasteiger partial charge in [0, 0.05) is 25.1 Å². The zero-order chi connectivity index (χ0) is 19.9. The lowest BCUT2D eigenvalue weighted by molar-refractivity contribution is -0.116. The van der Waals surface area contributed by atoms with E-state index < -0.39 is 15.9 Å². The Morgan fingerprint density at radius 3 is 2.63 bits per heavy atom. The molecule has 0 bridgehead atoms. The number of likely N-dealkylation sites (N-methyl/N-ethyl adjacent to an activating group) is 1. The normalized spacial score (nSPS) is 16.1. The van der Waals surface area contributed by atoms with Crippen molar-refractivity contribution in [2.75, 3.05) is 49.5 Å². The van der Waals surface area contributed by atoms with Crippen molar-refractivity contribution in [2.45, 2.75) is 20.3 Å². The smallest absolute Gasteiger partial charge is 0.251 e. The highest BCUT2D eigenvalue weighted by atomic mass is 32.2. The maximum Gasteiger partial charge on any atom is 0.251 e. The molecule has 1 aliphatic heterocycles. The fourth-order valence-electron chi connectivity index (χ4n) is 2.82. The van der Waals surface area contributed by atoms with Gasteiger partial charge in [0.2, 0.25) is 15.9 Å². The number of carbonyl (C=O) groups excluding carboxylic acids is 2. The monoisotopic (exact) mass is 397 g/mol. The van der Waals surface area contributed by atoms with Crippen molar-refractivity contribution in [2.24, 2.45) is 0 Å². The average molecular weight is 397 g/mol. The first-order valence-corrected chi connectivity index (χ1v) is 10.7. The summed E-state index contributed by atoms with van der Waals surface area (Å²) >= 11 is 0. The van der Waals surface area contributed by atoms with Gasteiger partial charge in [-0.05, 0) is 31.3 Å². The van der Waals surface area contributed by atoms with Gasteiger partial charge in [-0.25, -0.2) is 12.7 Å². The Balaban J connectivity index is 1.84. The van der Waals surface area contributed by atoms with Gasteiger partial charge in [-0.3, -0.25) is 9.59 Å². The number of hydrogen-bond donors (Lipinski definition) is 1. The Hall–Kier alpha value is -1.97. The van der Waals surface area contributed by atoms with Crippen molar-refractivity contribution < 1.29 is 22.7 Å². The summed E-state index contributed by atoms with van der Waals surface area (Å²) in [6, 6.07) is 6.06. The molecule has 1 N–H and O–H groups in total. The summed E-state index contributed by atoms with van der Waals surface area (Å²) in [7, 11) is -3.64. The highest BCUT2D eigenvalue weighted by Gasteiger charge is 2.36. The number of nitrogens with one attached hydrogen (secondary N) is 1. The predicted octanol–water partition coefficient (Wildman–Crippen LogP) is 0.841. The molecule has 8 nitrogen and oxygen atoms in total. The number of hydrogen-bond acceptors (Lipinski definition) is 6. The Labute approximate surface area is 160 Å². The summed E-state index contributed by atoms with van der Waals surface area (Å²) in [6.45, 7) is 8.33. The Morgan fingerprint density at radius 2 is 2.00 bits per heavy atom. The quantitative estimate of drug-likeness (QED) is 0.588. The number of rotatable bonds is 10. The third-order valence-electron chi connectivity index (χ3n) is 4.40. The van der Waals surface area contributed by atoms with Gasteiger partial charge in [0.15, 0.2) is 0 Å². The van der Waals surface area contributed by atoms with Gasteiger partial charge in [-0.2, -0.15) is 0 Å². The number of nitrogens with zero attached hydrogens (tertiary/aromatic N) is 2. The van der Waals surface area contributed by atoms with Crippen LogP contribution in [-0.4, -0.2) is 70.3 Å². The van der Waals surface area contributed by atoms with Crippen LogP contribution in [0.1, 0.15) is 30.6 Å². The van der Waals surface area contributed by atoms with Gasteiger partial charge in [0.25, 0.3) is 5.91 Å². The Morgan fingerprint density at radius 1 is 1.26 bits per heavy atom. The largest absolute Gasteiger partial charge is 0.378 e. The van der Waals surface area contributed by atoms with Crippen molar-refractivity contribution in [3.8, 4) is 0 Å². The Bertz CT molecular complexity index is 762. The molecule has 0 saturated carbocycles. The maximum atomic E-state index is 12.3. The summed E-state index contributed by atoms with van der Waals surface area (Å²) < 4.78 is 30.3. The molecule has 0 unspecified atom stereocenters. The van der Waals surface area contributed by atoms with Gasteiger partial charge in [0.05, 0.1) is 24.7 Å². The molecule has 0 aromatic heterocycles. The van der Waals surface area contributed by atoms with Crippen LogP contribution in [0.2, 0.25) is 0 Å². The summed E-state index contributed by atoms with van der Waals surface area (Å²) in [6.07, 6.45) is -0.0381. The van der Waals surface area contributed by atoms with Crippen molar-refractivity contribution in [1.82, 2.24) is 10.2 Å². The lowest BCUT2D eigenvalue weighted by atomic mass is 10.2. The van der Waals surface area contributed by atoms with E-state index in [1.54, 1.807) is 12.1 Å². The van der Waals surface area contributed by atoms with Crippen molar-refractivity contribution in [1.29, 1.82) is 0 Å². The molecule has 0 spiro atoms. The van der Waals surface area contributed by atoms with Crippen LogP contribution >= 0.6 is 0 Å². The number of benzene rings is 1. The molecule has 9 heteroatoms. The topological polar surface area (TPSA) is 96.0 Å². The summed E-state index contributed by atoms with van der Waals surface area (Å²) in [5, 5.41) is 2.73. The highest BCUT2D eigenvalue weighted by Crippen LogP contribution is 2.25. The van der Waals surface area contributed by atoms with E-state index in [4.69, 9.17) is 4.74 Å². The minimum absolute atomic E-state index is 0.0381. The Kier molecular flexibility index (Phi) is 7.76. The molecule has 1 heterocycles. The molecule has 0 radical (unpaired) electrons. The van der Waals surface area contributed by atoms with E-state index >= 15 is 0 Å². The number of amides is 2. The SMILES string of the molecule is CCN(CC)CCOCCNC(=O)c1cccc(N2C(=O)CCS2(=O)=O)c1. The van der Waals surface area contributed by atoms with E-state index in [1.807, 2.05) is 0 Å². The molecule has 2 rings (SSSR count). The fraction of sp³-hybridized carbons (Fsp3) is 0.556. The van der Waals surface area contributed by atoms with Gasteiger partial charge in [0.1, 0.15) is 0 Å². The van der Waals surface area contributed by atoms with E-state index in [0.29, 0.717) is 25.3 Å². The van der Waals surface area contributed by atoms with Gasteiger partial charge < -0.3 is 15.0 Å². The minimum Gasteiger partial charge on any atom is -0.378 e. The number of anilines is 1. The van der Waals surface area contributed by atoms with Crippen molar-refractivity contribution in [3.05, 3.63) is 29.8 Å². The molecule has 1 saturated heterocycles. The first-order chi connectivity index (χ1) is 12.9. The van der Waals surface area contributed by atoms with Crippen LogP contribution in [0.15, 0.2) is 24.3 Å². The fourth-order valence-corrected chi connectivity index (χ4v) is 4.27. The van der Waals surface area contributed by atoms with Crippen LogP contribution < -0.4 is 9.62 Å². The van der Waals surface area contributed by atoms with Crippen LogP contribution in [-0.2, 0) is 19.6 Å². The average Bonchev–Trinajstić information content (AvgIpc) is 2.93. The summed E-state index contributed by atoms with van der Waals surface area (Å²) in [5.74, 6) is -1.02. The minimum atomic E-state index is -3.64. The second kappa shape index (κ2) is 9.82. The highest BCUT2D eigenvalue weighted by molar-refractivity contribution is 7.94. The van der Waals surface area contributed by atoms with Crippen LogP contribution in [0.3, 0.4) is 0 Å². The molecule has 1 fully saturated rings. The zero-order valence-corrected chi connectivity index (χ0v) is 16.6. The third kappa shape index (κ3) is 5.75. The van der Waals surface area contributed by atoms with E-state index in [-0.39, 0.29) is 23.8 Å². The first kappa shape index (κ1) is 21.3. The van der Waals surface area contributed by atoms with Crippen LogP contribution in [0.5, 0.6) is 0 Å². The molecular weight excluding hydrogens is 370 g/mol. The number of sulfonamides is 1. The van der Waals surface area contributed by atoms with Gasteiger partial charge >= 0.3 is 0 Å². The van der Waals surface area contributed by atoms with E-state index in [2.05, 4.69) is 24.1 Å². The third-order valence-corrected chi connectivity index (χ3v) is 6.09. The zero-order valence-electron chi connectivity index (χ0n) is 15.8. The van der Waals surface area contributed by atoms with Gasteiger partial charge in [-0.15, -0.1) is 0 Å². The standard InChI is InChI=1S/C18H27N3O5S/c1-3-20(4-2)10-12-26-11-9-19-18(23)15-6-5-7-16(14-15)21-17(22)8-13-27(21,24)25/h5-7,14H,3-4,8-13H2,1-2H3,(H,19,23). The second-order valence-electron chi connectivity index (χ2n) is 6.17. The van der Waals surface area contributed by atoms with Crippen LogP contribution in [0.4, 0.5) is 5.69 Å². The van der Waals surface area contributed by atoms with E-state index in [0.717, 1.165) is 23.9 Å². The predicted molar refractivity (Wildman–Crippen MR) is 103 cm³/mol. The van der Waals surface area contributed by atoms with E-state index in [1.165, 1.54) is 12.1 Å². The summed E-state index contributed by atoms with van der Waals surface area (Å²) in [5.41, 5.74) is 0.492. The molecule has 150 valence electrons. The molecule has 1 aromatic carbocycles. The molecule has 1 aromatic rings. The molecule has 0 aliphatic carbocycles. The number of carbonyl (C=O) groups is 2. The molecule has 27 heavy (non-hydrogen) atoms. The van der Waals surface area contributed by atoms with Crippen molar-refractivity contribution in [3.63, 3.8) is 0 Å². The molecule has 2 amide bonds. The van der Waals surface area contributed by atoms with Crippen LogP contribution in [0, 0.1) is 0 Å². The lowest BCUT2D eigenvalue weighted by Gasteiger charge is -2.17. The second-order valence-corrected chi connectivity index (χ2v) is 8.11. The maximum absolute atomic E-state index is 12.3. The molecule has 0 atom stereocenters. The first-order valence-electron chi connectivity index (χ1n) is 9.13. The van der Waals surface area contributed by atoms with E-state index in [9.17, 15) is 18.0 Å². The summed E-state index contributed by atoms with van der Waals surface area (Å²) in [4.78, 5) is 26.4. The molecule has 1 aliphatic rings. The van der Waals surface area contributed by atoms with Gasteiger partial charge in [-0.1, -0.05) is 19.9 Å². The molecular formula is C18H27N3O5S.